The monoisotopic (exact) mass is 383 g/mol. The Balaban J connectivity index is 1.47. The van der Waals surface area contributed by atoms with Crippen molar-refractivity contribution in [1.82, 2.24) is 10.2 Å². The van der Waals surface area contributed by atoms with Gasteiger partial charge in [0.1, 0.15) is 0 Å². The van der Waals surface area contributed by atoms with Gasteiger partial charge >= 0.3 is 0 Å². The number of rotatable bonds is 6. The van der Waals surface area contributed by atoms with Crippen molar-refractivity contribution in [3.63, 3.8) is 0 Å². The third kappa shape index (κ3) is 4.10. The van der Waals surface area contributed by atoms with Crippen molar-refractivity contribution >= 4 is 17.2 Å². The molecule has 5 heteroatoms. The van der Waals surface area contributed by atoms with Crippen LogP contribution >= 0.6 is 11.3 Å². The van der Waals surface area contributed by atoms with Crippen molar-refractivity contribution in [2.45, 2.75) is 38.3 Å². The minimum absolute atomic E-state index is 0.0938. The first-order valence-electron chi connectivity index (χ1n) is 10.1. The molecule has 0 saturated heterocycles. The normalized spacial score (nSPS) is 23.7. The van der Waals surface area contributed by atoms with Crippen molar-refractivity contribution in [1.29, 1.82) is 0 Å². The lowest BCUT2D eigenvalue weighted by atomic mass is 9.95. The zero-order chi connectivity index (χ0) is 18.6. The van der Waals surface area contributed by atoms with Crippen LogP contribution in [0.4, 0.5) is 0 Å². The van der Waals surface area contributed by atoms with E-state index in [2.05, 4.69) is 52.0 Å². The van der Waals surface area contributed by atoms with Crippen molar-refractivity contribution in [3.8, 4) is 0 Å². The van der Waals surface area contributed by atoms with E-state index in [0.29, 0.717) is 19.0 Å². The summed E-state index contributed by atoms with van der Waals surface area (Å²) in [6.07, 6.45) is 4.28. The lowest BCUT2D eigenvalue weighted by molar-refractivity contribution is -0.126. The fraction of sp³-hybridized carbons (Fsp3) is 0.500. The molecule has 144 valence electrons. The number of carbonyl (C=O) groups is 1. The van der Waals surface area contributed by atoms with Crippen LogP contribution in [0, 0.1) is 11.8 Å². The molecule has 1 aliphatic heterocycles. The molecule has 1 amide bonds. The summed E-state index contributed by atoms with van der Waals surface area (Å²) in [6.45, 7) is 3.28. The van der Waals surface area contributed by atoms with Gasteiger partial charge in [-0.3, -0.25) is 9.69 Å². The first-order valence-corrected chi connectivity index (χ1v) is 11.0. The second-order valence-electron chi connectivity index (χ2n) is 7.79. The lowest BCUT2D eigenvalue weighted by Crippen LogP contribution is -2.42. The van der Waals surface area contributed by atoms with Gasteiger partial charge in [0.15, 0.2) is 0 Å². The molecule has 3 N–H and O–H groups in total. The summed E-state index contributed by atoms with van der Waals surface area (Å²) >= 11 is 1.86. The molecule has 2 aliphatic rings. The molecule has 1 fully saturated rings. The van der Waals surface area contributed by atoms with Crippen LogP contribution in [0.2, 0.25) is 0 Å². The van der Waals surface area contributed by atoms with Crippen LogP contribution < -0.4 is 11.1 Å². The van der Waals surface area contributed by atoms with E-state index in [1.165, 1.54) is 16.0 Å². The Hall–Kier alpha value is -1.69. The molecule has 2 aromatic rings. The summed E-state index contributed by atoms with van der Waals surface area (Å²) < 4.78 is 0. The second-order valence-corrected chi connectivity index (χ2v) is 8.79. The van der Waals surface area contributed by atoms with Gasteiger partial charge in [-0.1, -0.05) is 36.8 Å². The highest BCUT2D eigenvalue weighted by Crippen LogP contribution is 2.32. The zero-order valence-corrected chi connectivity index (χ0v) is 16.6. The second kappa shape index (κ2) is 8.55. The summed E-state index contributed by atoms with van der Waals surface area (Å²) in [5.41, 5.74) is 8.59. The van der Waals surface area contributed by atoms with Gasteiger partial charge in [0.2, 0.25) is 5.91 Å². The molecule has 4 nitrogen and oxygen atoms in total. The van der Waals surface area contributed by atoms with Crippen LogP contribution in [-0.2, 0) is 17.8 Å². The van der Waals surface area contributed by atoms with E-state index in [1.807, 2.05) is 11.3 Å². The third-order valence-corrected chi connectivity index (χ3v) is 7.25. The highest BCUT2D eigenvalue weighted by atomic mass is 32.1. The molecule has 0 spiro atoms. The minimum Gasteiger partial charge on any atom is -0.354 e. The largest absolute Gasteiger partial charge is 0.354 e. The molecule has 1 saturated carbocycles. The standard InChI is InChI=1S/C22H29N3OS/c23-13-17-7-4-8-19(17)22(26)24-14-20(16-5-2-1-3-6-16)25-11-9-21-18(15-25)10-12-27-21/h1-3,5-6,10,12,17,19-20H,4,7-9,11,13-15,23H2,(H,24,26)/t17-,19-,20?/m1/s1. The van der Waals surface area contributed by atoms with E-state index in [9.17, 15) is 4.79 Å². The van der Waals surface area contributed by atoms with Gasteiger partial charge in [-0.15, -0.1) is 11.3 Å². The zero-order valence-electron chi connectivity index (χ0n) is 15.8. The van der Waals surface area contributed by atoms with E-state index < -0.39 is 0 Å². The number of nitrogens with two attached hydrogens (primary N) is 1. The number of fused-ring (bicyclic) bond motifs is 1. The minimum atomic E-state index is 0.0938. The molecular weight excluding hydrogens is 354 g/mol. The van der Waals surface area contributed by atoms with Crippen LogP contribution in [0.3, 0.4) is 0 Å². The van der Waals surface area contributed by atoms with Gasteiger partial charge in [-0.2, -0.15) is 0 Å². The molecule has 1 aromatic carbocycles. The van der Waals surface area contributed by atoms with E-state index in [1.54, 1.807) is 0 Å². The fourth-order valence-electron chi connectivity index (χ4n) is 4.66. The Kier molecular flexibility index (Phi) is 5.91. The van der Waals surface area contributed by atoms with Crippen molar-refractivity contribution in [2.24, 2.45) is 17.6 Å². The molecule has 1 unspecified atom stereocenters. The Morgan fingerprint density at radius 3 is 2.93 bits per heavy atom. The average molecular weight is 384 g/mol. The van der Waals surface area contributed by atoms with E-state index >= 15 is 0 Å². The summed E-state index contributed by atoms with van der Waals surface area (Å²) in [7, 11) is 0. The maximum atomic E-state index is 12.8. The van der Waals surface area contributed by atoms with Gasteiger partial charge in [0.25, 0.3) is 0 Å². The van der Waals surface area contributed by atoms with Crippen molar-refractivity contribution < 1.29 is 4.79 Å². The van der Waals surface area contributed by atoms with Crippen LogP contribution in [0.1, 0.15) is 41.3 Å². The molecule has 1 aromatic heterocycles. The predicted octanol–water partition coefficient (Wildman–Crippen LogP) is 3.34. The van der Waals surface area contributed by atoms with Crippen molar-refractivity contribution in [3.05, 3.63) is 57.8 Å². The smallest absolute Gasteiger partial charge is 0.223 e. The molecule has 0 bridgehead atoms. The number of thiophene rings is 1. The number of amides is 1. The predicted molar refractivity (Wildman–Crippen MR) is 111 cm³/mol. The number of benzene rings is 1. The van der Waals surface area contributed by atoms with Gasteiger partial charge in [0, 0.05) is 30.4 Å². The first kappa shape index (κ1) is 18.7. The number of carbonyl (C=O) groups excluding carboxylic acids is 1. The molecular formula is C22H29N3OS. The number of nitrogens with zero attached hydrogens (tertiary/aromatic N) is 1. The summed E-state index contributed by atoms with van der Waals surface area (Å²) in [5.74, 6) is 0.636. The lowest BCUT2D eigenvalue weighted by Gasteiger charge is -2.35. The summed E-state index contributed by atoms with van der Waals surface area (Å²) in [4.78, 5) is 16.8. The number of hydrogen-bond acceptors (Lipinski definition) is 4. The van der Waals surface area contributed by atoms with Crippen LogP contribution in [0.25, 0.3) is 0 Å². The Labute approximate surface area is 165 Å². The van der Waals surface area contributed by atoms with Crippen LogP contribution in [0.5, 0.6) is 0 Å². The van der Waals surface area contributed by atoms with Gasteiger partial charge in [-0.05, 0) is 54.3 Å². The Morgan fingerprint density at radius 1 is 1.26 bits per heavy atom. The molecule has 27 heavy (non-hydrogen) atoms. The SMILES string of the molecule is NC[C@H]1CCC[C@H]1C(=O)NCC(c1ccccc1)N1CCc2sccc2C1. The Bertz CT molecular complexity index is 760. The Morgan fingerprint density at radius 2 is 2.11 bits per heavy atom. The van der Waals surface area contributed by atoms with Gasteiger partial charge in [0.05, 0.1) is 6.04 Å². The van der Waals surface area contributed by atoms with Gasteiger partial charge in [-0.25, -0.2) is 0 Å². The average Bonchev–Trinajstić information content (AvgIpc) is 3.37. The van der Waals surface area contributed by atoms with Gasteiger partial charge < -0.3 is 11.1 Å². The van der Waals surface area contributed by atoms with E-state index in [4.69, 9.17) is 5.73 Å². The van der Waals surface area contributed by atoms with Crippen LogP contribution in [-0.4, -0.2) is 30.4 Å². The topological polar surface area (TPSA) is 58.4 Å². The van der Waals surface area contributed by atoms with E-state index in [0.717, 1.165) is 38.8 Å². The number of nitrogens with one attached hydrogen (secondary N) is 1. The van der Waals surface area contributed by atoms with Crippen LogP contribution in [0.15, 0.2) is 41.8 Å². The molecule has 1 aliphatic carbocycles. The summed E-state index contributed by atoms with van der Waals surface area (Å²) in [6, 6.07) is 13.0. The van der Waals surface area contributed by atoms with E-state index in [-0.39, 0.29) is 17.9 Å². The highest BCUT2D eigenvalue weighted by Gasteiger charge is 2.33. The van der Waals surface area contributed by atoms with Crippen molar-refractivity contribution in [2.75, 3.05) is 19.6 Å². The maximum absolute atomic E-state index is 12.8. The summed E-state index contributed by atoms with van der Waals surface area (Å²) in [5, 5.41) is 5.46. The maximum Gasteiger partial charge on any atom is 0.223 e. The molecule has 3 atom stereocenters. The first-order chi connectivity index (χ1) is 13.3. The molecule has 2 heterocycles. The fourth-order valence-corrected chi connectivity index (χ4v) is 5.55. The molecule has 4 rings (SSSR count). The molecule has 0 radical (unpaired) electrons. The quantitative estimate of drug-likeness (QED) is 0.804. The number of hydrogen-bond donors (Lipinski definition) is 2. The highest BCUT2D eigenvalue weighted by molar-refractivity contribution is 7.10. The third-order valence-electron chi connectivity index (χ3n) is 6.23.